The Kier molecular flexibility index (Phi) is 10.9. The molecule has 2 amide bonds. The minimum atomic E-state index is -0.201. The zero-order chi connectivity index (χ0) is 26.6. The molecule has 3 rings (SSSR count). The summed E-state index contributed by atoms with van der Waals surface area (Å²) in [6.45, 7) is 2.68. The van der Waals surface area contributed by atoms with Gasteiger partial charge in [-0.05, 0) is 97.3 Å². The Hall–Kier alpha value is -3.40. The highest BCUT2D eigenvalue weighted by Crippen LogP contribution is 2.29. The summed E-state index contributed by atoms with van der Waals surface area (Å²) in [5, 5.41) is 2.87. The van der Waals surface area contributed by atoms with E-state index >= 15 is 0 Å². The maximum absolute atomic E-state index is 13.2. The van der Waals surface area contributed by atoms with E-state index < -0.39 is 0 Å². The number of carbonyl (C=O) groups is 3. The van der Waals surface area contributed by atoms with Gasteiger partial charge in [-0.1, -0.05) is 24.3 Å². The third-order valence-electron chi connectivity index (χ3n) is 5.63. The minimum absolute atomic E-state index is 0.171. The van der Waals surface area contributed by atoms with E-state index in [1.54, 1.807) is 49.2 Å². The number of amides is 2. The van der Waals surface area contributed by atoms with Gasteiger partial charge in [0, 0.05) is 28.3 Å². The van der Waals surface area contributed by atoms with E-state index in [-0.39, 0.29) is 17.8 Å². The van der Waals surface area contributed by atoms with Gasteiger partial charge in [0.15, 0.2) is 0 Å². The molecule has 0 heterocycles. The van der Waals surface area contributed by atoms with Gasteiger partial charge < -0.3 is 19.7 Å². The van der Waals surface area contributed by atoms with Crippen molar-refractivity contribution in [3.63, 3.8) is 0 Å². The summed E-state index contributed by atoms with van der Waals surface area (Å²) < 4.78 is 11.8. The van der Waals surface area contributed by atoms with Crippen molar-refractivity contribution in [2.45, 2.75) is 32.6 Å². The topological polar surface area (TPSA) is 84.9 Å². The summed E-state index contributed by atoms with van der Waals surface area (Å²) in [4.78, 5) is 38.7. The first-order valence-electron chi connectivity index (χ1n) is 12.2. The van der Waals surface area contributed by atoms with Gasteiger partial charge in [0.05, 0.1) is 24.5 Å². The van der Waals surface area contributed by atoms with Crippen LogP contribution in [0.3, 0.4) is 0 Å². The second kappa shape index (κ2) is 14.4. The Morgan fingerprint density at radius 2 is 1.59 bits per heavy atom. The zero-order valence-electron chi connectivity index (χ0n) is 21.0. The molecule has 3 aromatic rings. The highest BCUT2D eigenvalue weighted by Gasteiger charge is 2.17. The van der Waals surface area contributed by atoms with Crippen LogP contribution in [0.2, 0.25) is 0 Å². The standard InChI is InChI=1S/C29H31IN2O5/c1-3-36-27(33)15-5-4-10-20-37-26-14-9-8-13-25(26)32(2)29(35)21-16-18-22(19-17-21)31-28(34)23-11-6-7-12-24(23)30/h6-9,11-14,16-19H,3-5,10,15,20H2,1-2H3,(H,31,34). The molecule has 0 aliphatic carbocycles. The quantitative estimate of drug-likeness (QED) is 0.147. The first kappa shape index (κ1) is 28.2. The van der Waals surface area contributed by atoms with Crippen LogP contribution in [0.15, 0.2) is 72.8 Å². The SMILES string of the molecule is CCOC(=O)CCCCCOc1ccccc1N(C)C(=O)c1ccc(NC(=O)c2ccccc2I)cc1. The van der Waals surface area contributed by atoms with Crippen LogP contribution in [-0.4, -0.2) is 38.0 Å². The molecule has 0 aliphatic rings. The van der Waals surface area contributed by atoms with Gasteiger partial charge in [-0.15, -0.1) is 0 Å². The van der Waals surface area contributed by atoms with E-state index in [0.717, 1.165) is 22.8 Å². The number of nitrogens with zero attached hydrogens (tertiary/aromatic N) is 1. The van der Waals surface area contributed by atoms with E-state index in [0.29, 0.717) is 47.9 Å². The predicted octanol–water partition coefficient (Wildman–Crippen LogP) is 6.32. The Bertz CT molecular complexity index is 1210. The van der Waals surface area contributed by atoms with Crippen molar-refractivity contribution in [3.8, 4) is 5.75 Å². The molecule has 194 valence electrons. The summed E-state index contributed by atoms with van der Waals surface area (Å²) in [6, 6.07) is 21.6. The van der Waals surface area contributed by atoms with Gasteiger partial charge in [-0.3, -0.25) is 14.4 Å². The lowest BCUT2D eigenvalue weighted by atomic mass is 10.1. The van der Waals surface area contributed by atoms with Gasteiger partial charge in [-0.2, -0.15) is 0 Å². The lowest BCUT2D eigenvalue weighted by molar-refractivity contribution is -0.143. The van der Waals surface area contributed by atoms with Crippen molar-refractivity contribution in [1.82, 2.24) is 0 Å². The minimum Gasteiger partial charge on any atom is -0.491 e. The molecule has 37 heavy (non-hydrogen) atoms. The predicted molar refractivity (Wildman–Crippen MR) is 153 cm³/mol. The molecule has 1 N–H and O–H groups in total. The normalized spacial score (nSPS) is 10.5. The Morgan fingerprint density at radius 1 is 0.892 bits per heavy atom. The third-order valence-corrected chi connectivity index (χ3v) is 6.57. The van der Waals surface area contributed by atoms with Crippen molar-refractivity contribution in [2.75, 3.05) is 30.5 Å². The summed E-state index contributed by atoms with van der Waals surface area (Å²) >= 11 is 2.13. The van der Waals surface area contributed by atoms with Gasteiger partial charge >= 0.3 is 5.97 Å². The number of para-hydroxylation sites is 2. The molecule has 0 radical (unpaired) electrons. The molecule has 0 aromatic heterocycles. The Morgan fingerprint density at radius 3 is 2.32 bits per heavy atom. The van der Waals surface area contributed by atoms with E-state index in [2.05, 4.69) is 27.9 Å². The average Bonchev–Trinajstić information content (AvgIpc) is 2.91. The van der Waals surface area contributed by atoms with Crippen LogP contribution in [0.25, 0.3) is 0 Å². The van der Waals surface area contributed by atoms with Crippen molar-refractivity contribution in [2.24, 2.45) is 0 Å². The van der Waals surface area contributed by atoms with Gasteiger partial charge in [0.25, 0.3) is 11.8 Å². The van der Waals surface area contributed by atoms with Crippen molar-refractivity contribution < 1.29 is 23.9 Å². The molecule has 0 saturated heterocycles. The summed E-state index contributed by atoms with van der Waals surface area (Å²) in [6.07, 6.45) is 2.81. The Labute approximate surface area is 231 Å². The van der Waals surface area contributed by atoms with E-state index in [1.165, 1.54) is 0 Å². The van der Waals surface area contributed by atoms with Gasteiger partial charge in [0.1, 0.15) is 5.75 Å². The van der Waals surface area contributed by atoms with Crippen molar-refractivity contribution >= 4 is 51.7 Å². The molecule has 0 unspecified atom stereocenters. The number of benzene rings is 3. The van der Waals surface area contributed by atoms with E-state index in [1.807, 2.05) is 42.5 Å². The number of unbranched alkanes of at least 4 members (excludes halogenated alkanes) is 2. The molecule has 0 spiro atoms. The molecular formula is C29H31IN2O5. The number of hydrogen-bond acceptors (Lipinski definition) is 5. The maximum Gasteiger partial charge on any atom is 0.305 e. The number of carbonyl (C=O) groups excluding carboxylic acids is 3. The second-order valence-corrected chi connectivity index (χ2v) is 9.47. The lowest BCUT2D eigenvalue weighted by Crippen LogP contribution is -2.26. The fraction of sp³-hybridized carbons (Fsp3) is 0.276. The number of nitrogens with one attached hydrogen (secondary N) is 1. The summed E-state index contributed by atoms with van der Waals surface area (Å²) in [5.41, 5.74) is 2.35. The summed E-state index contributed by atoms with van der Waals surface area (Å²) in [7, 11) is 1.71. The van der Waals surface area contributed by atoms with Crippen LogP contribution in [0.1, 0.15) is 53.3 Å². The molecule has 0 saturated carbocycles. The molecule has 0 aliphatic heterocycles. The first-order chi connectivity index (χ1) is 17.9. The van der Waals surface area contributed by atoms with Crippen LogP contribution in [0.4, 0.5) is 11.4 Å². The average molecular weight is 614 g/mol. The molecule has 0 atom stereocenters. The highest BCUT2D eigenvalue weighted by molar-refractivity contribution is 14.1. The van der Waals surface area contributed by atoms with Crippen LogP contribution >= 0.6 is 22.6 Å². The summed E-state index contributed by atoms with van der Waals surface area (Å²) in [5.74, 6) is 0.0505. The smallest absolute Gasteiger partial charge is 0.305 e. The van der Waals surface area contributed by atoms with E-state index in [4.69, 9.17) is 9.47 Å². The molecule has 0 bridgehead atoms. The number of anilines is 2. The Balaban J connectivity index is 1.56. The molecule has 8 heteroatoms. The van der Waals surface area contributed by atoms with E-state index in [9.17, 15) is 14.4 Å². The molecular weight excluding hydrogens is 583 g/mol. The van der Waals surface area contributed by atoms with Crippen LogP contribution in [0, 0.1) is 3.57 Å². The number of ether oxygens (including phenoxy) is 2. The van der Waals surface area contributed by atoms with Gasteiger partial charge in [0.2, 0.25) is 0 Å². The maximum atomic E-state index is 13.2. The molecule has 3 aromatic carbocycles. The van der Waals surface area contributed by atoms with Crippen LogP contribution < -0.4 is 15.0 Å². The number of halogens is 1. The number of esters is 1. The second-order valence-electron chi connectivity index (χ2n) is 8.31. The fourth-order valence-electron chi connectivity index (χ4n) is 3.66. The van der Waals surface area contributed by atoms with Crippen molar-refractivity contribution in [1.29, 1.82) is 0 Å². The third kappa shape index (κ3) is 8.31. The molecule has 7 nitrogen and oxygen atoms in total. The number of rotatable bonds is 12. The van der Waals surface area contributed by atoms with Crippen molar-refractivity contribution in [3.05, 3.63) is 87.5 Å². The first-order valence-corrected chi connectivity index (χ1v) is 13.3. The number of hydrogen-bond donors (Lipinski definition) is 1. The van der Waals surface area contributed by atoms with Crippen LogP contribution in [-0.2, 0) is 9.53 Å². The highest BCUT2D eigenvalue weighted by atomic mass is 127. The molecule has 0 fully saturated rings. The van der Waals surface area contributed by atoms with Crippen LogP contribution in [0.5, 0.6) is 5.75 Å². The fourth-order valence-corrected chi connectivity index (χ4v) is 4.30. The largest absolute Gasteiger partial charge is 0.491 e. The monoisotopic (exact) mass is 614 g/mol. The van der Waals surface area contributed by atoms with Gasteiger partial charge in [-0.25, -0.2) is 0 Å². The lowest BCUT2D eigenvalue weighted by Gasteiger charge is -2.21. The zero-order valence-corrected chi connectivity index (χ0v) is 23.2.